The fourth-order valence-corrected chi connectivity index (χ4v) is 1.91. The van der Waals surface area contributed by atoms with Crippen molar-refractivity contribution in [1.82, 2.24) is 15.1 Å². The molecule has 2 rings (SSSR count). The van der Waals surface area contributed by atoms with Crippen LogP contribution in [0, 0.1) is 0 Å². The maximum absolute atomic E-state index is 9.23. The van der Waals surface area contributed by atoms with Gasteiger partial charge in [-0.2, -0.15) is 5.10 Å². The first-order chi connectivity index (χ1) is 9.16. The maximum Gasteiger partial charge on any atom is 0.0645 e. The molecule has 0 fully saturated rings. The highest BCUT2D eigenvalue weighted by molar-refractivity contribution is 5.31. The van der Waals surface area contributed by atoms with Crippen molar-refractivity contribution in [2.75, 3.05) is 6.54 Å². The molecule has 2 atom stereocenters. The first-order valence-corrected chi connectivity index (χ1v) is 6.68. The summed E-state index contributed by atoms with van der Waals surface area (Å²) in [5, 5.41) is 17.0. The van der Waals surface area contributed by atoms with Crippen LogP contribution in [-0.4, -0.2) is 27.5 Å². The number of hydrogen-bond acceptors (Lipinski definition) is 3. The minimum atomic E-state index is -0.258. The number of aliphatic hydroxyl groups excluding tert-OH is 1. The lowest BCUT2D eigenvalue weighted by Gasteiger charge is -2.12. The van der Waals surface area contributed by atoms with Crippen molar-refractivity contribution < 1.29 is 5.11 Å². The third kappa shape index (κ3) is 3.91. The predicted molar refractivity (Wildman–Crippen MR) is 76.3 cm³/mol. The van der Waals surface area contributed by atoms with Gasteiger partial charge in [-0.3, -0.25) is 0 Å². The van der Waals surface area contributed by atoms with Crippen LogP contribution in [0.3, 0.4) is 0 Å². The van der Waals surface area contributed by atoms with Crippen molar-refractivity contribution >= 4 is 0 Å². The minimum absolute atomic E-state index is 0.233. The van der Waals surface area contributed by atoms with E-state index in [2.05, 4.69) is 17.3 Å². The molecule has 4 nitrogen and oxygen atoms in total. The Morgan fingerprint density at radius 3 is 2.68 bits per heavy atom. The van der Waals surface area contributed by atoms with Crippen LogP contribution in [0.2, 0.25) is 0 Å². The van der Waals surface area contributed by atoms with Gasteiger partial charge in [0.05, 0.1) is 18.0 Å². The SMILES string of the molecule is CC(O)CCNC(C)c1cnn(-c2ccccc2)c1. The number of nitrogens with zero attached hydrogens (tertiary/aromatic N) is 2. The van der Waals surface area contributed by atoms with Crippen LogP contribution in [0.25, 0.3) is 5.69 Å². The molecule has 0 spiro atoms. The number of hydrogen-bond donors (Lipinski definition) is 2. The summed E-state index contributed by atoms with van der Waals surface area (Å²) in [6, 6.07) is 10.3. The molecule has 102 valence electrons. The van der Waals surface area contributed by atoms with E-state index in [-0.39, 0.29) is 12.1 Å². The van der Waals surface area contributed by atoms with Gasteiger partial charge >= 0.3 is 0 Å². The van der Waals surface area contributed by atoms with Crippen LogP contribution in [-0.2, 0) is 0 Å². The molecule has 2 aromatic rings. The number of aliphatic hydroxyl groups is 1. The fraction of sp³-hybridized carbons (Fsp3) is 0.400. The Bertz CT molecular complexity index is 493. The average Bonchev–Trinajstić information content (AvgIpc) is 2.89. The number of benzene rings is 1. The number of rotatable bonds is 6. The lowest BCUT2D eigenvalue weighted by molar-refractivity contribution is 0.182. The molecule has 0 aliphatic carbocycles. The van der Waals surface area contributed by atoms with Gasteiger partial charge < -0.3 is 10.4 Å². The summed E-state index contributed by atoms with van der Waals surface area (Å²) in [5.41, 5.74) is 2.21. The summed E-state index contributed by atoms with van der Waals surface area (Å²) in [6.07, 6.45) is 4.42. The third-order valence-electron chi connectivity index (χ3n) is 3.14. The van der Waals surface area contributed by atoms with Crippen molar-refractivity contribution in [3.8, 4) is 5.69 Å². The Morgan fingerprint density at radius 2 is 2.00 bits per heavy atom. The lowest BCUT2D eigenvalue weighted by atomic mass is 10.2. The summed E-state index contributed by atoms with van der Waals surface area (Å²) in [5.74, 6) is 0. The zero-order valence-corrected chi connectivity index (χ0v) is 11.5. The summed E-state index contributed by atoms with van der Waals surface area (Å²) in [7, 11) is 0. The van der Waals surface area contributed by atoms with Crippen molar-refractivity contribution in [2.24, 2.45) is 0 Å². The van der Waals surface area contributed by atoms with Gasteiger partial charge in [0.1, 0.15) is 0 Å². The van der Waals surface area contributed by atoms with Crippen LogP contribution < -0.4 is 5.32 Å². The van der Waals surface area contributed by atoms with Gasteiger partial charge in [0.25, 0.3) is 0 Å². The number of aromatic nitrogens is 2. The molecule has 2 unspecified atom stereocenters. The highest BCUT2D eigenvalue weighted by atomic mass is 16.3. The summed E-state index contributed by atoms with van der Waals surface area (Å²) >= 11 is 0. The molecule has 0 amide bonds. The van der Waals surface area contributed by atoms with E-state index in [0.29, 0.717) is 0 Å². The summed E-state index contributed by atoms with van der Waals surface area (Å²) in [4.78, 5) is 0. The van der Waals surface area contributed by atoms with Crippen molar-refractivity contribution in [1.29, 1.82) is 0 Å². The van der Waals surface area contributed by atoms with E-state index in [1.807, 2.05) is 47.4 Å². The molecule has 1 aromatic carbocycles. The highest BCUT2D eigenvalue weighted by Gasteiger charge is 2.08. The van der Waals surface area contributed by atoms with E-state index >= 15 is 0 Å². The van der Waals surface area contributed by atoms with E-state index in [9.17, 15) is 5.11 Å². The second-order valence-electron chi connectivity index (χ2n) is 4.87. The van der Waals surface area contributed by atoms with E-state index in [4.69, 9.17) is 0 Å². The van der Waals surface area contributed by atoms with Crippen molar-refractivity contribution in [3.63, 3.8) is 0 Å². The molecule has 0 aliphatic heterocycles. The van der Waals surface area contributed by atoms with Crippen molar-refractivity contribution in [3.05, 3.63) is 48.3 Å². The molecule has 0 radical (unpaired) electrons. The van der Waals surface area contributed by atoms with Crippen LogP contribution in [0.4, 0.5) is 0 Å². The van der Waals surface area contributed by atoms with Gasteiger partial charge in [0.2, 0.25) is 0 Å². The topological polar surface area (TPSA) is 50.1 Å². The molecule has 0 saturated carbocycles. The Morgan fingerprint density at radius 1 is 1.26 bits per heavy atom. The first kappa shape index (κ1) is 13.8. The normalized spacial score (nSPS) is 14.3. The first-order valence-electron chi connectivity index (χ1n) is 6.68. The van der Waals surface area contributed by atoms with Gasteiger partial charge in [-0.05, 0) is 38.9 Å². The largest absolute Gasteiger partial charge is 0.393 e. The van der Waals surface area contributed by atoms with Gasteiger partial charge in [-0.25, -0.2) is 4.68 Å². The number of nitrogens with one attached hydrogen (secondary N) is 1. The highest BCUT2D eigenvalue weighted by Crippen LogP contribution is 2.14. The molecule has 2 N–H and O–H groups in total. The molecule has 1 heterocycles. The van der Waals surface area contributed by atoms with Crippen LogP contribution in [0.15, 0.2) is 42.7 Å². The van der Waals surface area contributed by atoms with E-state index in [1.54, 1.807) is 6.92 Å². The van der Waals surface area contributed by atoms with Crippen LogP contribution in [0.1, 0.15) is 31.9 Å². The Labute approximate surface area is 114 Å². The third-order valence-corrected chi connectivity index (χ3v) is 3.14. The molecule has 0 bridgehead atoms. The number of para-hydroxylation sites is 1. The molecule has 1 aromatic heterocycles. The average molecular weight is 259 g/mol. The van der Waals surface area contributed by atoms with Gasteiger partial charge in [-0.1, -0.05) is 18.2 Å². The molecular weight excluding hydrogens is 238 g/mol. The molecule has 19 heavy (non-hydrogen) atoms. The summed E-state index contributed by atoms with van der Waals surface area (Å²) < 4.78 is 1.88. The Hall–Kier alpha value is -1.65. The van der Waals surface area contributed by atoms with Gasteiger partial charge in [0.15, 0.2) is 0 Å². The molecule has 4 heteroatoms. The Kier molecular flexibility index (Phi) is 4.71. The zero-order valence-electron chi connectivity index (χ0n) is 11.5. The van der Waals surface area contributed by atoms with E-state index < -0.39 is 0 Å². The lowest BCUT2D eigenvalue weighted by Crippen LogP contribution is -2.22. The Balaban J connectivity index is 1.97. The maximum atomic E-state index is 9.23. The van der Waals surface area contributed by atoms with Crippen molar-refractivity contribution in [2.45, 2.75) is 32.4 Å². The molecular formula is C15H21N3O. The molecule has 0 saturated heterocycles. The van der Waals surface area contributed by atoms with Crippen LogP contribution in [0.5, 0.6) is 0 Å². The van der Waals surface area contributed by atoms with Crippen LogP contribution >= 0.6 is 0 Å². The van der Waals surface area contributed by atoms with E-state index in [1.165, 1.54) is 0 Å². The smallest absolute Gasteiger partial charge is 0.0645 e. The minimum Gasteiger partial charge on any atom is -0.393 e. The summed E-state index contributed by atoms with van der Waals surface area (Å²) in [6.45, 7) is 4.71. The quantitative estimate of drug-likeness (QED) is 0.837. The van der Waals surface area contributed by atoms with E-state index in [0.717, 1.165) is 24.2 Å². The second-order valence-corrected chi connectivity index (χ2v) is 4.87. The van der Waals surface area contributed by atoms with Gasteiger partial charge in [-0.15, -0.1) is 0 Å². The fourth-order valence-electron chi connectivity index (χ4n) is 1.91. The standard InChI is InChI=1S/C15H21N3O/c1-12(19)8-9-16-13(2)14-10-17-18(11-14)15-6-4-3-5-7-15/h3-7,10-13,16,19H,8-9H2,1-2H3. The second kappa shape index (κ2) is 6.50. The zero-order chi connectivity index (χ0) is 13.7. The predicted octanol–water partition coefficient (Wildman–Crippen LogP) is 2.29. The van der Waals surface area contributed by atoms with Gasteiger partial charge in [0, 0.05) is 17.8 Å². The monoisotopic (exact) mass is 259 g/mol. The molecule has 0 aliphatic rings.